The minimum absolute atomic E-state index is 0.179. The monoisotopic (exact) mass is 224 g/mol. The standard InChI is InChI=1S/C10H12N2O2S/c13-9(14)7-5-6-1-2-8(7)12(6)10-11-3-4-15-10/h3-4,6-8H,1-2,5H2,(H,13,14). The highest BCUT2D eigenvalue weighted by molar-refractivity contribution is 7.13. The molecule has 2 bridgehead atoms. The summed E-state index contributed by atoms with van der Waals surface area (Å²) in [6.45, 7) is 0. The first-order valence-corrected chi connectivity index (χ1v) is 6.06. The second-order valence-corrected chi connectivity index (χ2v) is 5.07. The molecule has 0 aromatic carbocycles. The highest BCUT2D eigenvalue weighted by Gasteiger charge is 2.50. The molecule has 15 heavy (non-hydrogen) atoms. The fourth-order valence-corrected chi connectivity index (χ4v) is 3.67. The molecule has 0 amide bonds. The van der Waals surface area contributed by atoms with E-state index < -0.39 is 5.97 Å². The van der Waals surface area contributed by atoms with Crippen molar-refractivity contribution in [3.8, 4) is 0 Å². The van der Waals surface area contributed by atoms with Crippen molar-refractivity contribution in [2.24, 2.45) is 5.92 Å². The van der Waals surface area contributed by atoms with Crippen molar-refractivity contribution in [3.63, 3.8) is 0 Å². The van der Waals surface area contributed by atoms with Gasteiger partial charge < -0.3 is 10.0 Å². The number of thiazole rings is 1. The van der Waals surface area contributed by atoms with Crippen LogP contribution in [0.1, 0.15) is 19.3 Å². The Hall–Kier alpha value is -1.10. The number of carbonyl (C=O) groups is 1. The van der Waals surface area contributed by atoms with Gasteiger partial charge in [-0.25, -0.2) is 4.98 Å². The van der Waals surface area contributed by atoms with Gasteiger partial charge in [-0.3, -0.25) is 4.79 Å². The van der Waals surface area contributed by atoms with Crippen LogP contribution in [0.4, 0.5) is 5.13 Å². The normalized spacial score (nSPS) is 33.6. The van der Waals surface area contributed by atoms with Crippen molar-refractivity contribution in [3.05, 3.63) is 11.6 Å². The molecule has 0 aliphatic carbocycles. The van der Waals surface area contributed by atoms with Gasteiger partial charge in [0.15, 0.2) is 5.13 Å². The molecule has 2 aliphatic heterocycles. The molecule has 5 heteroatoms. The fraction of sp³-hybridized carbons (Fsp3) is 0.600. The van der Waals surface area contributed by atoms with Crippen molar-refractivity contribution in [1.82, 2.24) is 4.98 Å². The summed E-state index contributed by atoms with van der Waals surface area (Å²) in [4.78, 5) is 17.6. The van der Waals surface area contributed by atoms with Crippen molar-refractivity contribution >= 4 is 22.4 Å². The Balaban J connectivity index is 1.91. The molecular weight excluding hydrogens is 212 g/mol. The average Bonchev–Trinajstić information content (AvgIpc) is 2.90. The molecule has 3 rings (SSSR count). The molecule has 1 aromatic heterocycles. The van der Waals surface area contributed by atoms with Gasteiger partial charge in [-0.15, -0.1) is 11.3 Å². The predicted octanol–water partition coefficient (Wildman–Crippen LogP) is 1.58. The molecule has 2 saturated heterocycles. The van der Waals surface area contributed by atoms with Crippen LogP contribution in [0.3, 0.4) is 0 Å². The number of hydrogen-bond acceptors (Lipinski definition) is 4. The Morgan fingerprint density at radius 1 is 1.60 bits per heavy atom. The number of nitrogens with zero attached hydrogens (tertiary/aromatic N) is 2. The van der Waals surface area contributed by atoms with E-state index in [-0.39, 0.29) is 12.0 Å². The fourth-order valence-electron chi connectivity index (χ4n) is 2.90. The first-order chi connectivity index (χ1) is 7.27. The maximum Gasteiger partial charge on any atom is 0.308 e. The van der Waals surface area contributed by atoms with Gasteiger partial charge in [-0.05, 0) is 19.3 Å². The van der Waals surface area contributed by atoms with Gasteiger partial charge in [0.1, 0.15) is 0 Å². The number of carboxylic acid groups (broad SMARTS) is 1. The molecule has 1 aromatic rings. The van der Waals surface area contributed by atoms with Crippen LogP contribution in [0.5, 0.6) is 0 Å². The summed E-state index contributed by atoms with van der Waals surface area (Å²) in [6.07, 6.45) is 4.70. The third kappa shape index (κ3) is 1.26. The first-order valence-electron chi connectivity index (χ1n) is 5.18. The van der Waals surface area contributed by atoms with Crippen LogP contribution in [-0.4, -0.2) is 28.1 Å². The van der Waals surface area contributed by atoms with E-state index in [9.17, 15) is 4.79 Å². The van der Waals surface area contributed by atoms with Crippen LogP contribution < -0.4 is 4.90 Å². The van der Waals surface area contributed by atoms with E-state index in [1.807, 2.05) is 5.38 Å². The summed E-state index contributed by atoms with van der Waals surface area (Å²) >= 11 is 1.60. The number of rotatable bonds is 2. The van der Waals surface area contributed by atoms with Crippen molar-refractivity contribution < 1.29 is 9.90 Å². The van der Waals surface area contributed by atoms with E-state index in [0.29, 0.717) is 6.04 Å². The lowest BCUT2D eigenvalue weighted by Crippen LogP contribution is -2.32. The molecule has 80 valence electrons. The van der Waals surface area contributed by atoms with E-state index in [1.54, 1.807) is 17.5 Å². The third-order valence-corrected chi connectivity index (χ3v) is 4.28. The Morgan fingerprint density at radius 2 is 2.47 bits per heavy atom. The summed E-state index contributed by atoms with van der Waals surface area (Å²) in [5.74, 6) is -0.837. The molecule has 0 radical (unpaired) electrons. The van der Waals surface area contributed by atoms with Crippen LogP contribution in [-0.2, 0) is 4.79 Å². The van der Waals surface area contributed by atoms with E-state index in [4.69, 9.17) is 5.11 Å². The second kappa shape index (κ2) is 3.20. The molecule has 3 unspecified atom stereocenters. The maximum absolute atomic E-state index is 11.1. The van der Waals surface area contributed by atoms with Gasteiger partial charge in [-0.2, -0.15) is 0 Å². The molecular formula is C10H12N2O2S. The first kappa shape index (κ1) is 9.15. The van der Waals surface area contributed by atoms with Crippen molar-refractivity contribution in [2.75, 3.05) is 4.90 Å². The lowest BCUT2D eigenvalue weighted by Gasteiger charge is -2.21. The van der Waals surface area contributed by atoms with Gasteiger partial charge in [0.05, 0.1) is 5.92 Å². The molecule has 3 atom stereocenters. The lowest BCUT2D eigenvalue weighted by molar-refractivity contribution is -0.142. The number of aliphatic carboxylic acids is 1. The van der Waals surface area contributed by atoms with Crippen LogP contribution in [0.25, 0.3) is 0 Å². The number of aromatic nitrogens is 1. The molecule has 4 nitrogen and oxygen atoms in total. The molecule has 0 saturated carbocycles. The van der Waals surface area contributed by atoms with Gasteiger partial charge in [0.25, 0.3) is 0 Å². The average molecular weight is 224 g/mol. The zero-order chi connectivity index (χ0) is 10.4. The maximum atomic E-state index is 11.1. The second-order valence-electron chi connectivity index (χ2n) is 4.20. The Morgan fingerprint density at radius 3 is 3.07 bits per heavy atom. The number of fused-ring (bicyclic) bond motifs is 2. The van der Waals surface area contributed by atoms with Gasteiger partial charge in [-0.1, -0.05) is 0 Å². The van der Waals surface area contributed by atoms with Gasteiger partial charge in [0.2, 0.25) is 0 Å². The zero-order valence-corrected chi connectivity index (χ0v) is 8.98. The van der Waals surface area contributed by atoms with E-state index >= 15 is 0 Å². The third-order valence-electron chi connectivity index (χ3n) is 3.49. The zero-order valence-electron chi connectivity index (χ0n) is 8.17. The summed E-state index contributed by atoms with van der Waals surface area (Å²) in [5, 5.41) is 12.0. The molecule has 0 spiro atoms. The van der Waals surface area contributed by atoms with E-state index in [1.165, 1.54) is 0 Å². The van der Waals surface area contributed by atoms with Crippen molar-refractivity contribution in [1.29, 1.82) is 0 Å². The Kier molecular flexibility index (Phi) is 1.95. The van der Waals surface area contributed by atoms with Gasteiger partial charge in [0, 0.05) is 23.7 Å². The molecule has 1 N–H and O–H groups in total. The predicted molar refractivity (Wildman–Crippen MR) is 57.1 cm³/mol. The highest BCUT2D eigenvalue weighted by Crippen LogP contribution is 2.44. The molecule has 2 aliphatic rings. The lowest BCUT2D eigenvalue weighted by atomic mass is 9.89. The van der Waals surface area contributed by atoms with Crippen LogP contribution in [0, 0.1) is 5.92 Å². The Labute approximate surface area is 91.5 Å². The van der Waals surface area contributed by atoms with Crippen LogP contribution >= 0.6 is 11.3 Å². The smallest absolute Gasteiger partial charge is 0.308 e. The molecule has 2 fully saturated rings. The van der Waals surface area contributed by atoms with E-state index in [0.717, 1.165) is 24.4 Å². The van der Waals surface area contributed by atoms with Gasteiger partial charge >= 0.3 is 5.97 Å². The minimum atomic E-state index is -0.649. The minimum Gasteiger partial charge on any atom is -0.481 e. The SMILES string of the molecule is O=C(O)C1CC2CCC1N2c1nccs1. The number of anilines is 1. The highest BCUT2D eigenvalue weighted by atomic mass is 32.1. The number of hydrogen-bond donors (Lipinski definition) is 1. The summed E-state index contributed by atoms with van der Waals surface area (Å²) in [7, 11) is 0. The summed E-state index contributed by atoms with van der Waals surface area (Å²) in [6, 6.07) is 0.584. The largest absolute Gasteiger partial charge is 0.481 e. The molecule has 3 heterocycles. The quantitative estimate of drug-likeness (QED) is 0.828. The Bertz CT molecular complexity index is 379. The topological polar surface area (TPSA) is 53.4 Å². The van der Waals surface area contributed by atoms with Crippen molar-refractivity contribution in [2.45, 2.75) is 31.3 Å². The summed E-state index contributed by atoms with van der Waals surface area (Å²) < 4.78 is 0. The van der Waals surface area contributed by atoms with Crippen LogP contribution in [0.2, 0.25) is 0 Å². The van der Waals surface area contributed by atoms with E-state index in [2.05, 4.69) is 9.88 Å². The van der Waals surface area contributed by atoms with Crippen LogP contribution in [0.15, 0.2) is 11.6 Å². The summed E-state index contributed by atoms with van der Waals surface area (Å²) in [5.41, 5.74) is 0. The number of carboxylic acids is 1.